The first kappa shape index (κ1) is 20.9. The molecule has 1 saturated carbocycles. The van der Waals surface area contributed by atoms with Gasteiger partial charge in [0.05, 0.1) is 5.39 Å². The van der Waals surface area contributed by atoms with E-state index in [1.807, 2.05) is 7.05 Å². The van der Waals surface area contributed by atoms with Gasteiger partial charge >= 0.3 is 0 Å². The molecular formula is C25H37N5O. The number of Topliss-reactive ketones (excluding diaryl/α,β-unsaturated/α-hetero) is 1. The SMILES string of the molecule is Cn1nc(C(=O)CC2CCN(CC3CC3)CC2)c2ccc(N3CCCCCCC3)nc21. The average molecular weight is 424 g/mol. The van der Waals surface area contributed by atoms with Gasteiger partial charge in [-0.25, -0.2) is 9.67 Å². The van der Waals surface area contributed by atoms with Gasteiger partial charge < -0.3 is 9.80 Å². The van der Waals surface area contributed by atoms with Gasteiger partial charge in [0.1, 0.15) is 11.5 Å². The van der Waals surface area contributed by atoms with Crippen molar-refractivity contribution in [2.45, 2.75) is 64.2 Å². The van der Waals surface area contributed by atoms with Crippen molar-refractivity contribution in [1.29, 1.82) is 0 Å². The summed E-state index contributed by atoms with van der Waals surface area (Å²) in [6.07, 6.45) is 12.2. The van der Waals surface area contributed by atoms with Gasteiger partial charge in [0.2, 0.25) is 0 Å². The predicted octanol–water partition coefficient (Wildman–Crippen LogP) is 4.43. The van der Waals surface area contributed by atoms with E-state index in [0.29, 0.717) is 18.0 Å². The summed E-state index contributed by atoms with van der Waals surface area (Å²) in [6.45, 7) is 5.72. The summed E-state index contributed by atoms with van der Waals surface area (Å²) in [5.41, 5.74) is 1.45. The van der Waals surface area contributed by atoms with Crippen molar-refractivity contribution in [3.8, 4) is 0 Å². The summed E-state index contributed by atoms with van der Waals surface area (Å²) < 4.78 is 1.80. The largest absolute Gasteiger partial charge is 0.357 e. The minimum absolute atomic E-state index is 0.187. The first-order valence-corrected chi connectivity index (χ1v) is 12.5. The molecule has 3 aliphatic rings. The normalized spacial score (nSPS) is 21.9. The van der Waals surface area contributed by atoms with Crippen LogP contribution in [0.1, 0.15) is 74.7 Å². The molecule has 0 unspecified atom stereocenters. The number of hydrogen-bond donors (Lipinski definition) is 0. The summed E-state index contributed by atoms with van der Waals surface area (Å²) >= 11 is 0. The molecule has 2 aliphatic heterocycles. The second-order valence-electron chi connectivity index (χ2n) is 10.1. The Morgan fingerprint density at radius 3 is 2.35 bits per heavy atom. The zero-order valence-corrected chi connectivity index (χ0v) is 19.1. The summed E-state index contributed by atoms with van der Waals surface area (Å²) in [7, 11) is 1.92. The molecule has 5 rings (SSSR count). The Kier molecular flexibility index (Phi) is 6.26. The smallest absolute Gasteiger partial charge is 0.184 e. The van der Waals surface area contributed by atoms with Crippen molar-refractivity contribution >= 4 is 22.6 Å². The van der Waals surface area contributed by atoms with Gasteiger partial charge in [-0.2, -0.15) is 5.10 Å². The van der Waals surface area contributed by atoms with Crippen molar-refractivity contribution in [2.75, 3.05) is 37.6 Å². The Labute approximate surface area is 186 Å². The van der Waals surface area contributed by atoms with E-state index < -0.39 is 0 Å². The molecular weight excluding hydrogens is 386 g/mol. The first-order valence-electron chi connectivity index (χ1n) is 12.5. The molecule has 6 heteroatoms. The van der Waals surface area contributed by atoms with Gasteiger partial charge in [-0.3, -0.25) is 4.79 Å². The van der Waals surface area contributed by atoms with Crippen LogP contribution in [-0.4, -0.2) is 58.2 Å². The summed E-state index contributed by atoms with van der Waals surface area (Å²) in [4.78, 5) is 23.1. The van der Waals surface area contributed by atoms with E-state index in [-0.39, 0.29) is 5.78 Å². The summed E-state index contributed by atoms with van der Waals surface area (Å²) in [5, 5.41) is 5.52. The highest BCUT2D eigenvalue weighted by Gasteiger charge is 2.29. The molecule has 31 heavy (non-hydrogen) atoms. The number of rotatable bonds is 6. The number of carbonyl (C=O) groups is 1. The van der Waals surface area contributed by atoms with Crippen LogP contribution >= 0.6 is 0 Å². The average Bonchev–Trinajstić information content (AvgIpc) is 3.50. The van der Waals surface area contributed by atoms with Gasteiger partial charge in [-0.1, -0.05) is 19.3 Å². The molecule has 0 radical (unpaired) electrons. The number of pyridine rings is 1. The second-order valence-corrected chi connectivity index (χ2v) is 10.1. The number of nitrogens with zero attached hydrogens (tertiary/aromatic N) is 5. The molecule has 6 nitrogen and oxygen atoms in total. The number of fused-ring (bicyclic) bond motifs is 1. The highest BCUT2D eigenvalue weighted by Crippen LogP contribution is 2.32. The van der Waals surface area contributed by atoms with Crippen LogP contribution in [0.5, 0.6) is 0 Å². The van der Waals surface area contributed by atoms with Gasteiger partial charge in [0.15, 0.2) is 11.4 Å². The number of piperidine rings is 1. The maximum Gasteiger partial charge on any atom is 0.184 e. The Hall–Kier alpha value is -1.95. The van der Waals surface area contributed by atoms with Crippen LogP contribution < -0.4 is 4.90 Å². The molecule has 168 valence electrons. The standard InChI is InChI=1S/C25H37N5O/c1-28-25-21(9-10-23(26-25)30-13-5-3-2-4-6-14-30)24(27-28)22(31)17-19-11-15-29(16-12-19)18-20-7-8-20/h9-10,19-20H,2-8,11-18H2,1H3. The van der Waals surface area contributed by atoms with Gasteiger partial charge in [-0.05, 0) is 75.6 Å². The Morgan fingerprint density at radius 2 is 1.65 bits per heavy atom. The Morgan fingerprint density at radius 1 is 0.935 bits per heavy atom. The van der Waals surface area contributed by atoms with Crippen LogP contribution in [0.3, 0.4) is 0 Å². The second kappa shape index (κ2) is 9.27. The van der Waals surface area contributed by atoms with Crippen molar-refractivity contribution in [3.05, 3.63) is 17.8 Å². The lowest BCUT2D eigenvalue weighted by Gasteiger charge is -2.31. The van der Waals surface area contributed by atoms with Crippen molar-refractivity contribution < 1.29 is 4.79 Å². The van der Waals surface area contributed by atoms with Crippen molar-refractivity contribution in [3.63, 3.8) is 0 Å². The van der Waals surface area contributed by atoms with Crippen LogP contribution in [0.25, 0.3) is 11.0 Å². The molecule has 0 spiro atoms. The summed E-state index contributed by atoms with van der Waals surface area (Å²) in [6, 6.07) is 4.17. The van der Waals surface area contributed by atoms with E-state index in [2.05, 4.69) is 27.0 Å². The quantitative estimate of drug-likeness (QED) is 0.643. The number of aromatic nitrogens is 3. The van der Waals surface area contributed by atoms with Crippen LogP contribution in [0.2, 0.25) is 0 Å². The van der Waals surface area contributed by atoms with E-state index in [1.165, 1.54) is 51.5 Å². The molecule has 2 saturated heterocycles. The van der Waals surface area contributed by atoms with E-state index in [4.69, 9.17) is 4.98 Å². The van der Waals surface area contributed by atoms with Crippen LogP contribution in [0.15, 0.2) is 12.1 Å². The highest BCUT2D eigenvalue weighted by molar-refractivity contribution is 6.05. The third-order valence-electron chi connectivity index (χ3n) is 7.51. The van der Waals surface area contributed by atoms with Gasteiger partial charge in [0, 0.05) is 33.1 Å². The zero-order valence-electron chi connectivity index (χ0n) is 19.1. The summed E-state index contributed by atoms with van der Waals surface area (Å²) in [5.74, 6) is 2.66. The highest BCUT2D eigenvalue weighted by atomic mass is 16.1. The predicted molar refractivity (Wildman–Crippen MR) is 125 cm³/mol. The molecule has 2 aromatic rings. The molecule has 1 aliphatic carbocycles. The van der Waals surface area contributed by atoms with Crippen LogP contribution in [-0.2, 0) is 7.05 Å². The fourth-order valence-electron chi connectivity index (χ4n) is 5.38. The van der Waals surface area contributed by atoms with Gasteiger partial charge in [-0.15, -0.1) is 0 Å². The minimum Gasteiger partial charge on any atom is -0.357 e. The maximum absolute atomic E-state index is 13.2. The zero-order chi connectivity index (χ0) is 21.2. The van der Waals surface area contributed by atoms with E-state index in [1.54, 1.807) is 4.68 Å². The first-order chi connectivity index (χ1) is 15.2. The maximum atomic E-state index is 13.2. The lowest BCUT2D eigenvalue weighted by atomic mass is 9.90. The minimum atomic E-state index is 0.187. The van der Waals surface area contributed by atoms with Gasteiger partial charge in [0.25, 0.3) is 0 Å². The topological polar surface area (TPSA) is 54.3 Å². The number of ketones is 1. The van der Waals surface area contributed by atoms with Crippen LogP contribution in [0.4, 0.5) is 5.82 Å². The van der Waals surface area contributed by atoms with E-state index >= 15 is 0 Å². The lowest BCUT2D eigenvalue weighted by molar-refractivity contribution is 0.0922. The number of aryl methyl sites for hydroxylation is 1. The van der Waals surface area contributed by atoms with E-state index in [0.717, 1.165) is 61.8 Å². The van der Waals surface area contributed by atoms with Crippen molar-refractivity contribution in [2.24, 2.45) is 18.9 Å². The fourth-order valence-corrected chi connectivity index (χ4v) is 5.38. The number of anilines is 1. The monoisotopic (exact) mass is 423 g/mol. The third kappa shape index (κ3) is 4.94. The van der Waals surface area contributed by atoms with Crippen molar-refractivity contribution in [1.82, 2.24) is 19.7 Å². The van der Waals surface area contributed by atoms with Crippen LogP contribution in [0, 0.1) is 11.8 Å². The molecule has 3 fully saturated rings. The number of carbonyl (C=O) groups excluding carboxylic acids is 1. The molecule has 2 aromatic heterocycles. The molecule has 0 aromatic carbocycles. The number of hydrogen-bond acceptors (Lipinski definition) is 5. The lowest BCUT2D eigenvalue weighted by Crippen LogP contribution is -2.35. The fraction of sp³-hybridized carbons (Fsp3) is 0.720. The van der Waals surface area contributed by atoms with E-state index in [9.17, 15) is 4.79 Å². The molecule has 4 heterocycles. The Bertz CT molecular complexity index is 902. The molecule has 0 bridgehead atoms. The molecule has 0 amide bonds. The molecule has 0 atom stereocenters. The molecule has 0 N–H and O–H groups in total. The number of likely N-dealkylation sites (tertiary alicyclic amines) is 1. The third-order valence-corrected chi connectivity index (χ3v) is 7.51. The Balaban J connectivity index is 1.25.